The van der Waals surface area contributed by atoms with Crippen LogP contribution in [0.25, 0.3) is 111 Å². The molecule has 0 spiro atoms. The van der Waals surface area contributed by atoms with Crippen LogP contribution in [0.1, 0.15) is 0 Å². The Kier molecular flexibility index (Phi) is 8.36. The summed E-state index contributed by atoms with van der Waals surface area (Å²) < 4.78 is 12.0. The van der Waals surface area contributed by atoms with E-state index in [-0.39, 0.29) is 0 Å². The second kappa shape index (κ2) is 14.1. The summed E-state index contributed by atoms with van der Waals surface area (Å²) in [7, 11) is 13.6. The Morgan fingerprint density at radius 1 is 0.397 bits per heavy atom. The molecule has 0 bridgehead atoms. The monoisotopic (exact) mass is 800 g/mol. The van der Waals surface area contributed by atoms with Gasteiger partial charge in [0.25, 0.3) is 0 Å². The number of para-hydroxylation sites is 1. The molecular weight excluding hydrogens is 761 g/mol. The quantitative estimate of drug-likeness (QED) is 0.252. The summed E-state index contributed by atoms with van der Waals surface area (Å²) in [6.45, 7) is 0. The summed E-state index contributed by atoms with van der Waals surface area (Å²) in [5, 5.41) is 7.27. The second-order valence-corrected chi connectivity index (χ2v) is 17.3. The molecule has 0 fully saturated rings. The van der Waals surface area contributed by atoms with Crippen molar-refractivity contribution in [3.8, 4) is 45.3 Å². The van der Waals surface area contributed by atoms with Gasteiger partial charge in [-0.1, -0.05) is 148 Å². The molecule has 0 atom stereocenters. The number of furan rings is 1. The van der Waals surface area contributed by atoms with Crippen molar-refractivity contribution in [1.29, 1.82) is 0 Å². The smallest absolute Gasteiger partial charge is 0.160 e. The number of benzene rings is 8. The third-order valence-electron chi connectivity index (χ3n) is 13.2. The van der Waals surface area contributed by atoms with Crippen molar-refractivity contribution in [1.82, 2.24) is 19.1 Å². The predicted molar refractivity (Wildman–Crippen MR) is 283 cm³/mol. The van der Waals surface area contributed by atoms with Gasteiger partial charge in [-0.05, 0) is 42.5 Å². The lowest BCUT2D eigenvalue weighted by Gasteiger charge is -2.16. The summed E-state index contributed by atoms with van der Waals surface area (Å²) in [6, 6.07) is 56.0. The van der Waals surface area contributed by atoms with Crippen LogP contribution in [0.3, 0.4) is 0 Å². The van der Waals surface area contributed by atoms with E-state index >= 15 is 0 Å². The van der Waals surface area contributed by atoms with Crippen LogP contribution in [0.2, 0.25) is 0 Å². The highest BCUT2D eigenvalue weighted by Crippen LogP contribution is 2.43. The van der Waals surface area contributed by atoms with E-state index in [1.807, 2.05) is 36.4 Å². The van der Waals surface area contributed by atoms with E-state index in [2.05, 4.69) is 178 Å². The molecule has 5 nitrogen and oxygen atoms in total. The minimum absolute atomic E-state index is 0.686. The molecule has 0 unspecified atom stereocenters. The molecule has 0 N–H and O–H groups in total. The molecule has 0 amide bonds. The Labute approximate surface area is 370 Å². The molecule has 0 saturated carbocycles. The number of nitrogens with zero attached hydrogens (tertiary/aromatic N) is 4. The van der Waals surface area contributed by atoms with E-state index < -0.39 is 0 Å². The predicted octanol–water partition coefficient (Wildman–Crippen LogP) is 3.12. The van der Waals surface area contributed by atoms with Crippen molar-refractivity contribution in [2.24, 2.45) is 0 Å². The number of hydrogen-bond donors (Lipinski definition) is 0. The molecule has 0 radical (unpaired) electrons. The van der Waals surface area contributed by atoms with E-state index in [1.54, 1.807) is 0 Å². The standard InChI is InChI=1S/C52H38B6N4O/c53-30-22-34-44-46(57)47(58)45-35-23-31(54)25-37(56)49(35)62(51(45)50(44)61(48(34)36(55)24-30)32-15-8-3-9-16-32)40-17-10-18-41-43(40)33-20-19-29(21-42(33)63-41)39-26-38(27-11-4-1-5-12-27)59-52(60-39)28-13-6-2-7-14-28/h1-26H,53-58H2. The number of aromatic nitrogens is 4. The summed E-state index contributed by atoms with van der Waals surface area (Å²) in [6.07, 6.45) is 0. The Morgan fingerprint density at radius 2 is 0.952 bits per heavy atom. The minimum Gasteiger partial charge on any atom is -0.456 e. The van der Waals surface area contributed by atoms with E-state index in [1.165, 1.54) is 76.4 Å². The molecule has 12 rings (SSSR count). The van der Waals surface area contributed by atoms with E-state index in [4.69, 9.17) is 14.4 Å². The molecule has 63 heavy (non-hydrogen) atoms. The maximum atomic E-state index is 6.89. The van der Waals surface area contributed by atoms with Crippen molar-refractivity contribution in [2.75, 3.05) is 0 Å². The zero-order valence-corrected chi connectivity index (χ0v) is 36.2. The Balaban J connectivity index is 1.18. The molecule has 0 aliphatic rings. The van der Waals surface area contributed by atoms with Crippen molar-refractivity contribution < 1.29 is 4.42 Å². The Hall–Kier alpha value is -7.37. The molecule has 290 valence electrons. The van der Waals surface area contributed by atoms with Crippen LogP contribution in [-0.2, 0) is 0 Å². The maximum Gasteiger partial charge on any atom is 0.160 e. The van der Waals surface area contributed by atoms with Crippen LogP contribution in [-0.4, -0.2) is 66.2 Å². The van der Waals surface area contributed by atoms with Gasteiger partial charge < -0.3 is 13.6 Å². The van der Waals surface area contributed by atoms with Crippen LogP contribution < -0.4 is 32.8 Å². The number of hydrogen-bond acceptors (Lipinski definition) is 3. The van der Waals surface area contributed by atoms with Crippen LogP contribution in [0, 0.1) is 0 Å². The highest BCUT2D eigenvalue weighted by molar-refractivity contribution is 6.61. The van der Waals surface area contributed by atoms with Crippen LogP contribution in [0.4, 0.5) is 0 Å². The average molecular weight is 800 g/mol. The highest BCUT2D eigenvalue weighted by atomic mass is 16.3. The van der Waals surface area contributed by atoms with Crippen molar-refractivity contribution in [3.05, 3.63) is 158 Å². The van der Waals surface area contributed by atoms with E-state index in [0.717, 1.165) is 61.4 Å². The van der Waals surface area contributed by atoms with E-state index in [0.29, 0.717) is 5.82 Å². The lowest BCUT2D eigenvalue weighted by Crippen LogP contribution is -2.27. The molecule has 8 aromatic carbocycles. The molecule has 0 aliphatic carbocycles. The minimum atomic E-state index is 0.686. The van der Waals surface area contributed by atoms with Crippen molar-refractivity contribution >= 4 is 145 Å². The fourth-order valence-corrected chi connectivity index (χ4v) is 10.5. The van der Waals surface area contributed by atoms with Gasteiger partial charge in [0, 0.05) is 60.3 Å². The lowest BCUT2D eigenvalue weighted by molar-refractivity contribution is 0.669. The first kappa shape index (κ1) is 37.4. The van der Waals surface area contributed by atoms with Crippen LogP contribution >= 0.6 is 0 Å². The normalized spacial score (nSPS) is 11.9. The lowest BCUT2D eigenvalue weighted by atomic mass is 9.74. The largest absolute Gasteiger partial charge is 0.456 e. The zero-order valence-electron chi connectivity index (χ0n) is 36.2. The van der Waals surface area contributed by atoms with Gasteiger partial charge in [0.05, 0.1) is 33.5 Å². The summed E-state index contributed by atoms with van der Waals surface area (Å²) in [4.78, 5) is 10.2. The molecule has 4 aromatic heterocycles. The topological polar surface area (TPSA) is 48.8 Å². The van der Waals surface area contributed by atoms with Gasteiger partial charge in [-0.2, -0.15) is 0 Å². The SMILES string of the molecule is Bc1cc(B)c2c(c1)c1c(B)c(B)c3c4cc(B)cc(B)c4n(-c4cccc5oc6cc(-c7cc(-c8ccccc8)nc(-c8ccccc8)n7)ccc6c45)c3c1n2-c1ccccc1. The average Bonchev–Trinajstić information content (AvgIpc) is 3.97. The van der Waals surface area contributed by atoms with Crippen molar-refractivity contribution in [2.45, 2.75) is 0 Å². The summed E-state index contributed by atoms with van der Waals surface area (Å²) >= 11 is 0. The highest BCUT2D eigenvalue weighted by Gasteiger charge is 2.27. The molecule has 12 aromatic rings. The van der Waals surface area contributed by atoms with Gasteiger partial charge in [-0.3, -0.25) is 0 Å². The molecule has 4 heterocycles. The van der Waals surface area contributed by atoms with Gasteiger partial charge in [0.1, 0.15) is 58.2 Å². The van der Waals surface area contributed by atoms with Gasteiger partial charge >= 0.3 is 0 Å². The van der Waals surface area contributed by atoms with E-state index in [9.17, 15) is 0 Å². The summed E-state index contributed by atoms with van der Waals surface area (Å²) in [5.41, 5.74) is 21.1. The number of fused-ring (bicyclic) bond motifs is 10. The number of rotatable bonds is 5. The molecule has 0 aliphatic heterocycles. The zero-order chi connectivity index (χ0) is 42.7. The van der Waals surface area contributed by atoms with Crippen LogP contribution in [0.15, 0.2) is 162 Å². The third kappa shape index (κ3) is 5.65. The fourth-order valence-electron chi connectivity index (χ4n) is 10.5. The second-order valence-electron chi connectivity index (χ2n) is 17.3. The first-order valence-electron chi connectivity index (χ1n) is 21.7. The Morgan fingerprint density at radius 3 is 1.59 bits per heavy atom. The molecule has 11 heteroatoms. The van der Waals surface area contributed by atoms with Gasteiger partial charge in [-0.15, -0.1) is 0 Å². The first-order valence-corrected chi connectivity index (χ1v) is 21.7. The van der Waals surface area contributed by atoms with Gasteiger partial charge in [0.2, 0.25) is 0 Å². The molecular formula is C52H38B6N4O. The third-order valence-corrected chi connectivity index (χ3v) is 13.2. The van der Waals surface area contributed by atoms with Gasteiger partial charge in [-0.25, -0.2) is 9.97 Å². The van der Waals surface area contributed by atoms with Crippen molar-refractivity contribution in [3.63, 3.8) is 0 Å². The van der Waals surface area contributed by atoms with Gasteiger partial charge in [0.15, 0.2) is 5.82 Å². The summed E-state index contributed by atoms with van der Waals surface area (Å²) in [5.74, 6) is 0.686. The molecule has 0 saturated heterocycles. The first-order chi connectivity index (χ1) is 30.7. The maximum absolute atomic E-state index is 6.89. The van der Waals surface area contributed by atoms with Crippen LogP contribution in [0.5, 0.6) is 0 Å². The fraction of sp³-hybridized carbons (Fsp3) is 0. The Bertz CT molecular complexity index is 3800.